The van der Waals surface area contributed by atoms with E-state index in [1.54, 1.807) is 12.1 Å². The minimum absolute atomic E-state index is 0.235. The summed E-state index contributed by atoms with van der Waals surface area (Å²) >= 11 is 6.04. The molecule has 2 atom stereocenters. The Morgan fingerprint density at radius 1 is 1.40 bits per heavy atom. The van der Waals surface area contributed by atoms with Crippen LogP contribution in [0.3, 0.4) is 0 Å². The Hall–Kier alpha value is -1.50. The van der Waals surface area contributed by atoms with Gasteiger partial charge in [-0.3, -0.25) is 4.79 Å². The fourth-order valence-corrected chi connectivity index (χ4v) is 2.34. The minimum atomic E-state index is -0.493. The standard InChI is InChI=1S/C13H17ClN2O4/c1-19-11-5-12(20-2)9(4-8(11)14)16-13(18)10-3-7(17)6-15-10/h4-5,7,10,15,17H,3,6H2,1-2H3,(H,16,18). The Bertz CT molecular complexity index is 509. The quantitative estimate of drug-likeness (QED) is 0.773. The van der Waals surface area contributed by atoms with Crippen LogP contribution >= 0.6 is 11.6 Å². The van der Waals surface area contributed by atoms with Crippen LogP contribution in [0.2, 0.25) is 5.02 Å². The van der Waals surface area contributed by atoms with Crippen molar-refractivity contribution in [3.05, 3.63) is 17.2 Å². The molecule has 0 aromatic heterocycles. The third kappa shape index (κ3) is 3.15. The van der Waals surface area contributed by atoms with Crippen molar-refractivity contribution in [1.29, 1.82) is 0 Å². The molecule has 0 saturated carbocycles. The van der Waals surface area contributed by atoms with Crippen molar-refractivity contribution < 1.29 is 19.4 Å². The molecule has 1 heterocycles. The smallest absolute Gasteiger partial charge is 0.241 e. The summed E-state index contributed by atoms with van der Waals surface area (Å²) in [6.45, 7) is 0.415. The highest BCUT2D eigenvalue weighted by Crippen LogP contribution is 2.36. The molecule has 20 heavy (non-hydrogen) atoms. The van der Waals surface area contributed by atoms with E-state index < -0.39 is 12.1 Å². The van der Waals surface area contributed by atoms with Gasteiger partial charge < -0.3 is 25.2 Å². The zero-order valence-corrected chi connectivity index (χ0v) is 12.0. The molecule has 1 aromatic carbocycles. The first-order valence-electron chi connectivity index (χ1n) is 6.19. The third-order valence-corrected chi connectivity index (χ3v) is 3.45. The van der Waals surface area contributed by atoms with Crippen LogP contribution in [0.4, 0.5) is 5.69 Å². The summed E-state index contributed by atoms with van der Waals surface area (Å²) in [7, 11) is 3.00. The van der Waals surface area contributed by atoms with Crippen LogP contribution in [0.15, 0.2) is 12.1 Å². The van der Waals surface area contributed by atoms with Crippen LogP contribution in [0.1, 0.15) is 6.42 Å². The first-order valence-corrected chi connectivity index (χ1v) is 6.56. The number of nitrogens with one attached hydrogen (secondary N) is 2. The SMILES string of the molecule is COc1cc(OC)c(NC(=O)C2CC(O)CN2)cc1Cl. The van der Waals surface area contributed by atoms with E-state index in [4.69, 9.17) is 21.1 Å². The second-order valence-electron chi connectivity index (χ2n) is 4.53. The average Bonchev–Trinajstić information content (AvgIpc) is 2.86. The van der Waals surface area contributed by atoms with Gasteiger partial charge in [-0.15, -0.1) is 0 Å². The number of methoxy groups -OCH3 is 2. The summed E-state index contributed by atoms with van der Waals surface area (Å²) in [5.74, 6) is 0.690. The molecule has 1 aromatic rings. The van der Waals surface area contributed by atoms with E-state index in [-0.39, 0.29) is 5.91 Å². The largest absolute Gasteiger partial charge is 0.495 e. The number of aliphatic hydroxyl groups excluding tert-OH is 1. The highest BCUT2D eigenvalue weighted by molar-refractivity contribution is 6.32. The van der Waals surface area contributed by atoms with Gasteiger partial charge in [0.15, 0.2) is 0 Å². The number of amides is 1. The Morgan fingerprint density at radius 2 is 2.10 bits per heavy atom. The van der Waals surface area contributed by atoms with Gasteiger partial charge >= 0.3 is 0 Å². The number of benzene rings is 1. The van der Waals surface area contributed by atoms with Crippen molar-refractivity contribution in [1.82, 2.24) is 5.32 Å². The zero-order chi connectivity index (χ0) is 14.7. The summed E-state index contributed by atoms with van der Waals surface area (Å²) < 4.78 is 10.3. The predicted molar refractivity (Wildman–Crippen MR) is 75.6 cm³/mol. The van der Waals surface area contributed by atoms with Crippen molar-refractivity contribution >= 4 is 23.2 Å². The molecule has 1 amide bonds. The van der Waals surface area contributed by atoms with Gasteiger partial charge in [0.2, 0.25) is 5.91 Å². The molecular formula is C13H17ClN2O4. The number of aliphatic hydroxyl groups is 1. The van der Waals surface area contributed by atoms with Crippen LogP contribution in [-0.4, -0.2) is 43.9 Å². The van der Waals surface area contributed by atoms with Crippen LogP contribution in [0, 0.1) is 0 Å². The number of carbonyl (C=O) groups excluding carboxylic acids is 1. The fraction of sp³-hybridized carbons (Fsp3) is 0.462. The number of ether oxygens (including phenoxy) is 2. The van der Waals surface area contributed by atoms with Crippen molar-refractivity contribution in [3.8, 4) is 11.5 Å². The molecule has 7 heteroatoms. The van der Waals surface area contributed by atoms with E-state index in [2.05, 4.69) is 10.6 Å². The van der Waals surface area contributed by atoms with E-state index in [0.29, 0.717) is 35.2 Å². The average molecular weight is 301 g/mol. The summed E-state index contributed by atoms with van der Waals surface area (Å²) in [4.78, 5) is 12.1. The third-order valence-electron chi connectivity index (χ3n) is 3.16. The van der Waals surface area contributed by atoms with Gasteiger partial charge in [-0.25, -0.2) is 0 Å². The Kier molecular flexibility index (Phi) is 4.69. The molecule has 0 bridgehead atoms. The molecule has 0 aliphatic carbocycles. The maximum absolute atomic E-state index is 12.1. The molecule has 2 rings (SSSR count). The second-order valence-corrected chi connectivity index (χ2v) is 4.93. The van der Waals surface area contributed by atoms with Gasteiger partial charge in [0.25, 0.3) is 0 Å². The van der Waals surface area contributed by atoms with E-state index in [1.807, 2.05) is 0 Å². The Morgan fingerprint density at radius 3 is 2.65 bits per heavy atom. The lowest BCUT2D eigenvalue weighted by molar-refractivity contribution is -0.117. The summed E-state index contributed by atoms with van der Waals surface area (Å²) in [6, 6.07) is 2.76. The summed E-state index contributed by atoms with van der Waals surface area (Å²) in [5.41, 5.74) is 0.464. The number of β-amino-alcohol motifs (C(OH)–C–C–N with tert-alkyl or cyclic N) is 1. The van der Waals surface area contributed by atoms with E-state index in [1.165, 1.54) is 14.2 Å². The molecule has 1 aliphatic heterocycles. The monoisotopic (exact) mass is 300 g/mol. The van der Waals surface area contributed by atoms with Crippen molar-refractivity contribution in [2.24, 2.45) is 0 Å². The van der Waals surface area contributed by atoms with Crippen LogP contribution in [-0.2, 0) is 4.79 Å². The molecule has 1 fully saturated rings. The number of hydrogen-bond donors (Lipinski definition) is 3. The van der Waals surface area contributed by atoms with E-state index in [9.17, 15) is 9.90 Å². The van der Waals surface area contributed by atoms with Gasteiger partial charge in [-0.05, 0) is 12.5 Å². The molecule has 110 valence electrons. The van der Waals surface area contributed by atoms with Crippen molar-refractivity contribution in [2.75, 3.05) is 26.1 Å². The van der Waals surface area contributed by atoms with Gasteiger partial charge in [-0.1, -0.05) is 11.6 Å². The van der Waals surface area contributed by atoms with E-state index in [0.717, 1.165) is 0 Å². The molecule has 0 spiro atoms. The lowest BCUT2D eigenvalue weighted by Crippen LogP contribution is -2.35. The first kappa shape index (κ1) is 14.9. The highest BCUT2D eigenvalue weighted by Gasteiger charge is 2.28. The number of rotatable bonds is 4. The Balaban J connectivity index is 2.16. The van der Waals surface area contributed by atoms with Crippen LogP contribution in [0.25, 0.3) is 0 Å². The highest BCUT2D eigenvalue weighted by atomic mass is 35.5. The lowest BCUT2D eigenvalue weighted by Gasteiger charge is -2.15. The molecule has 0 radical (unpaired) electrons. The second kappa shape index (κ2) is 6.30. The zero-order valence-electron chi connectivity index (χ0n) is 11.3. The number of carbonyl (C=O) groups is 1. The maximum atomic E-state index is 12.1. The molecule has 1 saturated heterocycles. The Labute approximate surface area is 122 Å². The van der Waals surface area contributed by atoms with Gasteiger partial charge in [0.1, 0.15) is 11.5 Å². The normalized spacial score (nSPS) is 21.6. The predicted octanol–water partition coefficient (Wildman–Crippen LogP) is 1.02. The molecule has 1 aliphatic rings. The van der Waals surface area contributed by atoms with Crippen LogP contribution in [0.5, 0.6) is 11.5 Å². The van der Waals surface area contributed by atoms with Crippen molar-refractivity contribution in [2.45, 2.75) is 18.6 Å². The van der Waals surface area contributed by atoms with Gasteiger partial charge in [-0.2, -0.15) is 0 Å². The number of hydrogen-bond acceptors (Lipinski definition) is 5. The first-order chi connectivity index (χ1) is 9.55. The summed E-state index contributed by atoms with van der Waals surface area (Å²) in [5, 5.41) is 15.5. The topological polar surface area (TPSA) is 79.8 Å². The number of anilines is 1. The number of halogens is 1. The summed E-state index contributed by atoms with van der Waals surface area (Å²) in [6.07, 6.45) is -0.106. The van der Waals surface area contributed by atoms with Crippen molar-refractivity contribution in [3.63, 3.8) is 0 Å². The molecule has 3 N–H and O–H groups in total. The minimum Gasteiger partial charge on any atom is -0.495 e. The molecule has 6 nitrogen and oxygen atoms in total. The lowest BCUT2D eigenvalue weighted by atomic mass is 10.2. The molecule has 2 unspecified atom stereocenters. The van der Waals surface area contributed by atoms with Gasteiger partial charge in [0.05, 0.1) is 37.1 Å². The van der Waals surface area contributed by atoms with Crippen LogP contribution < -0.4 is 20.1 Å². The molecular weight excluding hydrogens is 284 g/mol. The van der Waals surface area contributed by atoms with E-state index >= 15 is 0 Å². The maximum Gasteiger partial charge on any atom is 0.241 e. The van der Waals surface area contributed by atoms with Gasteiger partial charge in [0, 0.05) is 12.6 Å². The fourth-order valence-electron chi connectivity index (χ4n) is 2.09.